The van der Waals surface area contributed by atoms with Gasteiger partial charge in [-0.25, -0.2) is 0 Å². The third kappa shape index (κ3) is 4.47. The van der Waals surface area contributed by atoms with E-state index in [1.165, 1.54) is 0 Å². The van der Waals surface area contributed by atoms with Crippen LogP contribution in [0.2, 0.25) is 5.02 Å². The Morgan fingerprint density at radius 3 is 2.60 bits per heavy atom. The summed E-state index contributed by atoms with van der Waals surface area (Å²) in [6.45, 7) is 6.00. The molecule has 1 aromatic carbocycles. The van der Waals surface area contributed by atoms with Gasteiger partial charge in [-0.15, -0.1) is 5.10 Å². The number of aromatic nitrogens is 2. The minimum atomic E-state index is 0.436. The number of halogens is 1. The molecule has 0 unspecified atom stereocenters. The molecule has 0 aliphatic rings. The third-order valence-corrected chi connectivity index (χ3v) is 2.92. The minimum Gasteiger partial charge on any atom is -0.436 e. The Kier molecular flexibility index (Phi) is 5.32. The molecule has 2 aromatic rings. The Bertz CT molecular complexity index is 543. The highest BCUT2D eigenvalue weighted by atomic mass is 35.5. The zero-order chi connectivity index (χ0) is 14.4. The Hall–Kier alpha value is -1.65. The average Bonchev–Trinajstić information content (AvgIpc) is 2.43. The molecular weight excluding hydrogens is 274 g/mol. The van der Waals surface area contributed by atoms with Gasteiger partial charge in [-0.1, -0.05) is 37.6 Å². The maximum atomic E-state index is 6.02. The SMILES string of the molecule is CC(C)CNCc1ccc(Oc2ccccc2Cl)nn1. The highest BCUT2D eigenvalue weighted by Gasteiger charge is 2.04. The number of hydrogen-bond donors (Lipinski definition) is 1. The van der Waals surface area contributed by atoms with Crippen molar-refractivity contribution in [2.24, 2.45) is 5.92 Å². The largest absolute Gasteiger partial charge is 0.436 e. The van der Waals surface area contributed by atoms with Crippen LogP contribution in [0.1, 0.15) is 19.5 Å². The molecule has 0 amide bonds. The van der Waals surface area contributed by atoms with E-state index in [-0.39, 0.29) is 0 Å². The van der Waals surface area contributed by atoms with Crippen molar-refractivity contribution in [2.45, 2.75) is 20.4 Å². The maximum absolute atomic E-state index is 6.02. The number of benzene rings is 1. The summed E-state index contributed by atoms with van der Waals surface area (Å²) in [7, 11) is 0. The molecule has 1 heterocycles. The van der Waals surface area contributed by atoms with E-state index in [1.54, 1.807) is 18.2 Å². The number of ether oxygens (including phenoxy) is 1. The van der Waals surface area contributed by atoms with E-state index in [4.69, 9.17) is 16.3 Å². The third-order valence-electron chi connectivity index (χ3n) is 2.61. The van der Waals surface area contributed by atoms with Crippen LogP contribution in [-0.2, 0) is 6.54 Å². The monoisotopic (exact) mass is 291 g/mol. The van der Waals surface area contributed by atoms with Crippen LogP contribution in [-0.4, -0.2) is 16.7 Å². The molecule has 0 radical (unpaired) electrons. The summed E-state index contributed by atoms with van der Waals surface area (Å²) in [4.78, 5) is 0. The second kappa shape index (κ2) is 7.22. The molecule has 0 aliphatic carbocycles. The zero-order valence-corrected chi connectivity index (χ0v) is 12.4. The standard InChI is InChI=1S/C15H18ClN3O/c1-11(2)9-17-10-12-7-8-15(19-18-12)20-14-6-4-3-5-13(14)16/h3-8,11,17H,9-10H2,1-2H3. The summed E-state index contributed by atoms with van der Waals surface area (Å²) < 4.78 is 5.58. The first kappa shape index (κ1) is 14.8. The molecule has 0 fully saturated rings. The molecule has 0 saturated carbocycles. The van der Waals surface area contributed by atoms with Crippen LogP contribution < -0.4 is 10.1 Å². The Labute approximate surface area is 124 Å². The molecule has 0 aliphatic heterocycles. The van der Waals surface area contributed by atoms with E-state index in [0.29, 0.717) is 29.1 Å². The number of nitrogens with one attached hydrogen (secondary N) is 1. The van der Waals surface area contributed by atoms with Crippen LogP contribution in [0.5, 0.6) is 11.6 Å². The van der Waals surface area contributed by atoms with Crippen molar-refractivity contribution in [1.82, 2.24) is 15.5 Å². The van der Waals surface area contributed by atoms with E-state index in [1.807, 2.05) is 18.2 Å². The fourth-order valence-electron chi connectivity index (χ4n) is 1.63. The molecule has 5 heteroatoms. The molecule has 0 bridgehead atoms. The van der Waals surface area contributed by atoms with E-state index in [2.05, 4.69) is 29.4 Å². The molecule has 2 rings (SSSR count). The molecular formula is C15H18ClN3O. The summed E-state index contributed by atoms with van der Waals surface area (Å²) in [6.07, 6.45) is 0. The molecule has 20 heavy (non-hydrogen) atoms. The number of para-hydroxylation sites is 1. The van der Waals surface area contributed by atoms with Crippen molar-refractivity contribution in [3.05, 3.63) is 47.1 Å². The highest BCUT2D eigenvalue weighted by Crippen LogP contribution is 2.27. The first-order valence-corrected chi connectivity index (χ1v) is 6.98. The van der Waals surface area contributed by atoms with Gasteiger partial charge in [0.05, 0.1) is 10.7 Å². The van der Waals surface area contributed by atoms with E-state index >= 15 is 0 Å². The number of rotatable bonds is 6. The summed E-state index contributed by atoms with van der Waals surface area (Å²) >= 11 is 6.02. The van der Waals surface area contributed by atoms with Crippen LogP contribution in [0.3, 0.4) is 0 Å². The van der Waals surface area contributed by atoms with Crippen LogP contribution >= 0.6 is 11.6 Å². The predicted molar refractivity (Wildman–Crippen MR) is 80.1 cm³/mol. The lowest BCUT2D eigenvalue weighted by molar-refractivity contribution is 0.452. The fraction of sp³-hybridized carbons (Fsp3) is 0.333. The molecule has 0 saturated heterocycles. The van der Waals surface area contributed by atoms with Crippen molar-refractivity contribution in [3.63, 3.8) is 0 Å². The highest BCUT2D eigenvalue weighted by molar-refractivity contribution is 6.32. The van der Waals surface area contributed by atoms with Crippen LogP contribution in [0.4, 0.5) is 0 Å². The molecule has 0 atom stereocenters. The minimum absolute atomic E-state index is 0.436. The van der Waals surface area contributed by atoms with Gasteiger partial charge < -0.3 is 10.1 Å². The molecule has 106 valence electrons. The van der Waals surface area contributed by atoms with Gasteiger partial charge >= 0.3 is 0 Å². The van der Waals surface area contributed by atoms with Crippen LogP contribution in [0.25, 0.3) is 0 Å². The smallest absolute Gasteiger partial charge is 0.238 e. The second-order valence-electron chi connectivity index (χ2n) is 4.92. The van der Waals surface area contributed by atoms with E-state index in [0.717, 1.165) is 12.2 Å². The van der Waals surface area contributed by atoms with Gasteiger partial charge in [-0.2, -0.15) is 5.10 Å². The average molecular weight is 292 g/mol. The van der Waals surface area contributed by atoms with Gasteiger partial charge in [0.25, 0.3) is 0 Å². The molecule has 1 aromatic heterocycles. The van der Waals surface area contributed by atoms with Crippen LogP contribution in [0, 0.1) is 5.92 Å². The predicted octanol–water partition coefficient (Wildman–Crippen LogP) is 3.67. The quantitative estimate of drug-likeness (QED) is 0.882. The van der Waals surface area contributed by atoms with Crippen molar-refractivity contribution < 1.29 is 4.74 Å². The lowest BCUT2D eigenvalue weighted by atomic mass is 10.2. The van der Waals surface area contributed by atoms with E-state index < -0.39 is 0 Å². The van der Waals surface area contributed by atoms with Gasteiger partial charge in [-0.3, -0.25) is 0 Å². The summed E-state index contributed by atoms with van der Waals surface area (Å²) in [5.74, 6) is 1.63. The molecule has 4 nitrogen and oxygen atoms in total. The van der Waals surface area contributed by atoms with Gasteiger partial charge in [0.15, 0.2) is 0 Å². The first-order valence-electron chi connectivity index (χ1n) is 6.61. The maximum Gasteiger partial charge on any atom is 0.238 e. The summed E-state index contributed by atoms with van der Waals surface area (Å²) in [5.41, 5.74) is 0.886. The lowest BCUT2D eigenvalue weighted by Gasteiger charge is -2.08. The van der Waals surface area contributed by atoms with Gasteiger partial charge in [0.2, 0.25) is 5.88 Å². The second-order valence-corrected chi connectivity index (χ2v) is 5.33. The lowest BCUT2D eigenvalue weighted by Crippen LogP contribution is -2.19. The first-order chi connectivity index (χ1) is 9.65. The van der Waals surface area contributed by atoms with Gasteiger partial charge in [0.1, 0.15) is 5.75 Å². The van der Waals surface area contributed by atoms with Crippen molar-refractivity contribution >= 4 is 11.6 Å². The van der Waals surface area contributed by atoms with E-state index in [9.17, 15) is 0 Å². The number of nitrogens with zero attached hydrogens (tertiary/aromatic N) is 2. The number of hydrogen-bond acceptors (Lipinski definition) is 4. The molecule has 0 spiro atoms. The van der Waals surface area contributed by atoms with Crippen molar-refractivity contribution in [1.29, 1.82) is 0 Å². The van der Waals surface area contributed by atoms with Crippen molar-refractivity contribution in [3.8, 4) is 11.6 Å². The van der Waals surface area contributed by atoms with Gasteiger partial charge in [0, 0.05) is 12.6 Å². The van der Waals surface area contributed by atoms with Crippen molar-refractivity contribution in [2.75, 3.05) is 6.54 Å². The zero-order valence-electron chi connectivity index (χ0n) is 11.6. The fourth-order valence-corrected chi connectivity index (χ4v) is 1.80. The Morgan fingerprint density at radius 1 is 1.15 bits per heavy atom. The molecule has 1 N–H and O–H groups in total. The van der Waals surface area contributed by atoms with Crippen LogP contribution in [0.15, 0.2) is 36.4 Å². The Balaban J connectivity index is 1.93. The summed E-state index contributed by atoms with van der Waals surface area (Å²) in [5, 5.41) is 12.0. The Morgan fingerprint density at radius 2 is 1.95 bits per heavy atom. The van der Waals surface area contributed by atoms with Gasteiger partial charge in [-0.05, 0) is 30.7 Å². The normalized spacial score (nSPS) is 10.8. The topological polar surface area (TPSA) is 47.0 Å². The summed E-state index contributed by atoms with van der Waals surface area (Å²) in [6, 6.07) is 11.0.